The fourth-order valence-electron chi connectivity index (χ4n) is 3.67. The molecule has 156 valence electrons. The summed E-state index contributed by atoms with van der Waals surface area (Å²) in [6.07, 6.45) is 2.95. The molecule has 2 saturated heterocycles. The second kappa shape index (κ2) is 9.69. The molecule has 2 fully saturated rings. The average Bonchev–Trinajstić information content (AvgIpc) is 3.07. The van der Waals surface area contributed by atoms with Crippen molar-refractivity contribution in [1.29, 1.82) is 0 Å². The van der Waals surface area contributed by atoms with Gasteiger partial charge in [-0.3, -0.25) is 9.58 Å². The number of rotatable bonds is 6. The van der Waals surface area contributed by atoms with Crippen molar-refractivity contribution in [2.45, 2.75) is 6.42 Å². The predicted octanol–water partition coefficient (Wildman–Crippen LogP) is 0.671. The molecule has 9 nitrogen and oxygen atoms in total. The lowest BCUT2D eigenvalue weighted by Crippen LogP contribution is -2.45. The van der Waals surface area contributed by atoms with Crippen LogP contribution in [0, 0.1) is 0 Å². The first-order valence-corrected chi connectivity index (χ1v) is 9.88. The molecule has 0 radical (unpaired) electrons. The zero-order valence-electron chi connectivity index (χ0n) is 16.8. The predicted molar refractivity (Wildman–Crippen MR) is 114 cm³/mol. The average molecular weight is 411 g/mol. The first-order valence-electron chi connectivity index (χ1n) is 9.88. The van der Waals surface area contributed by atoms with E-state index in [-0.39, 0.29) is 12.4 Å². The third-order valence-electron chi connectivity index (χ3n) is 5.41. The summed E-state index contributed by atoms with van der Waals surface area (Å²) in [5.74, 6) is 1.69. The van der Waals surface area contributed by atoms with Crippen LogP contribution in [0.1, 0.15) is 6.42 Å². The smallest absolute Gasteiger partial charge is 0.226 e. The van der Waals surface area contributed by atoms with Crippen LogP contribution in [0.4, 0.5) is 11.8 Å². The molecule has 2 aromatic heterocycles. The van der Waals surface area contributed by atoms with Gasteiger partial charge in [-0.25, -0.2) is 0 Å². The van der Waals surface area contributed by atoms with Crippen molar-refractivity contribution < 1.29 is 4.74 Å². The van der Waals surface area contributed by atoms with Crippen molar-refractivity contribution in [3.63, 3.8) is 0 Å². The molecule has 2 aliphatic heterocycles. The number of hydrogen-bond donors (Lipinski definition) is 1. The summed E-state index contributed by atoms with van der Waals surface area (Å²) in [7, 11) is 4.10. The maximum atomic E-state index is 5.40. The Bertz CT molecular complexity index is 755. The Kier molecular flexibility index (Phi) is 7.28. The third-order valence-corrected chi connectivity index (χ3v) is 5.41. The number of nitrogens with one attached hydrogen (secondary N) is 1. The lowest BCUT2D eigenvalue weighted by Gasteiger charge is -2.33. The molecular weight excluding hydrogens is 380 g/mol. The molecule has 0 amide bonds. The highest BCUT2D eigenvalue weighted by Crippen LogP contribution is 2.25. The van der Waals surface area contributed by atoms with Gasteiger partial charge in [0, 0.05) is 52.9 Å². The van der Waals surface area contributed by atoms with E-state index in [0.717, 1.165) is 88.8 Å². The number of nitrogens with zero attached hydrogens (tertiary/aromatic N) is 7. The van der Waals surface area contributed by atoms with Gasteiger partial charge in [0.15, 0.2) is 5.65 Å². The highest BCUT2D eigenvalue weighted by Gasteiger charge is 2.20. The number of anilines is 2. The fourth-order valence-corrected chi connectivity index (χ4v) is 3.67. The van der Waals surface area contributed by atoms with Gasteiger partial charge in [0.2, 0.25) is 5.95 Å². The van der Waals surface area contributed by atoms with Crippen LogP contribution in [-0.4, -0.2) is 102 Å². The largest absolute Gasteiger partial charge is 0.379 e. The van der Waals surface area contributed by atoms with E-state index >= 15 is 0 Å². The van der Waals surface area contributed by atoms with Crippen molar-refractivity contribution in [1.82, 2.24) is 29.5 Å². The van der Waals surface area contributed by atoms with Gasteiger partial charge in [0.1, 0.15) is 5.82 Å². The number of fused-ring (bicyclic) bond motifs is 1. The van der Waals surface area contributed by atoms with Crippen molar-refractivity contribution >= 4 is 35.2 Å². The van der Waals surface area contributed by atoms with E-state index in [9.17, 15) is 0 Å². The van der Waals surface area contributed by atoms with E-state index in [1.807, 2.05) is 17.9 Å². The number of halogens is 1. The van der Waals surface area contributed by atoms with Gasteiger partial charge in [-0.05, 0) is 20.0 Å². The fraction of sp³-hybridized carbons (Fsp3) is 0.722. The zero-order chi connectivity index (χ0) is 18.6. The standard InChI is InChI=1S/C18H30N8O.ClH/c1-23-6-8-26(9-7-23)17-15-14-20-24(2)16(15)21-18(22-17)19-4-3-5-25-10-12-27-13-11-25;/h14H,3-13H2,1-2H3,(H,19,21,22);1H. The molecule has 0 saturated carbocycles. The van der Waals surface area contributed by atoms with Gasteiger partial charge in [0.25, 0.3) is 0 Å². The lowest BCUT2D eigenvalue weighted by atomic mass is 10.3. The van der Waals surface area contributed by atoms with Crippen molar-refractivity contribution in [3.8, 4) is 0 Å². The molecule has 10 heteroatoms. The summed E-state index contributed by atoms with van der Waals surface area (Å²) in [4.78, 5) is 16.7. The lowest BCUT2D eigenvalue weighted by molar-refractivity contribution is 0.0378. The molecule has 4 rings (SSSR count). The van der Waals surface area contributed by atoms with Crippen molar-refractivity contribution in [2.75, 3.05) is 82.8 Å². The molecule has 1 N–H and O–H groups in total. The minimum absolute atomic E-state index is 0. The number of hydrogen-bond acceptors (Lipinski definition) is 8. The minimum Gasteiger partial charge on any atom is -0.379 e. The molecule has 0 spiro atoms. The van der Waals surface area contributed by atoms with Crippen LogP contribution >= 0.6 is 12.4 Å². The molecular formula is C18H31ClN8O. The van der Waals surface area contributed by atoms with E-state index in [4.69, 9.17) is 14.7 Å². The molecule has 0 aromatic carbocycles. The zero-order valence-corrected chi connectivity index (χ0v) is 17.6. The van der Waals surface area contributed by atoms with Crippen LogP contribution < -0.4 is 10.2 Å². The number of ether oxygens (including phenoxy) is 1. The number of likely N-dealkylation sites (N-methyl/N-ethyl adjacent to an activating group) is 1. The molecule has 0 bridgehead atoms. The van der Waals surface area contributed by atoms with Crippen LogP contribution in [0.2, 0.25) is 0 Å². The van der Waals surface area contributed by atoms with E-state index in [0.29, 0.717) is 5.95 Å². The van der Waals surface area contributed by atoms with Crippen LogP contribution in [0.25, 0.3) is 11.0 Å². The number of morpholine rings is 1. The van der Waals surface area contributed by atoms with Crippen LogP contribution in [-0.2, 0) is 11.8 Å². The number of piperazine rings is 1. The summed E-state index contributed by atoms with van der Waals surface area (Å²) in [6.45, 7) is 9.77. The van der Waals surface area contributed by atoms with E-state index in [1.165, 1.54) is 0 Å². The normalized spacial score (nSPS) is 19.0. The van der Waals surface area contributed by atoms with Gasteiger partial charge in [-0.15, -0.1) is 12.4 Å². The first-order chi connectivity index (χ1) is 13.2. The summed E-state index contributed by atoms with van der Waals surface area (Å²) >= 11 is 0. The Labute approximate surface area is 172 Å². The van der Waals surface area contributed by atoms with Crippen LogP contribution in [0.3, 0.4) is 0 Å². The Balaban J connectivity index is 0.00000225. The highest BCUT2D eigenvalue weighted by atomic mass is 35.5. The quantitative estimate of drug-likeness (QED) is 0.696. The molecule has 0 unspecified atom stereocenters. The summed E-state index contributed by atoms with van der Waals surface area (Å²) in [5, 5.41) is 8.85. The molecule has 2 aromatic rings. The van der Waals surface area contributed by atoms with Crippen molar-refractivity contribution in [2.24, 2.45) is 7.05 Å². The number of aryl methyl sites for hydroxylation is 1. The van der Waals surface area contributed by atoms with Crippen molar-refractivity contribution in [3.05, 3.63) is 6.20 Å². The van der Waals surface area contributed by atoms with E-state index in [2.05, 4.69) is 32.2 Å². The highest BCUT2D eigenvalue weighted by molar-refractivity contribution is 5.88. The number of aromatic nitrogens is 4. The van der Waals surface area contributed by atoms with Gasteiger partial charge in [-0.1, -0.05) is 0 Å². The summed E-state index contributed by atoms with van der Waals surface area (Å²) in [5.41, 5.74) is 0.884. The Morgan fingerprint density at radius 3 is 2.54 bits per heavy atom. The Hall–Kier alpha value is -1.68. The third kappa shape index (κ3) is 4.83. The topological polar surface area (TPSA) is 74.6 Å². The monoisotopic (exact) mass is 410 g/mol. The molecule has 0 atom stereocenters. The Morgan fingerprint density at radius 1 is 1.04 bits per heavy atom. The molecule has 0 aliphatic carbocycles. The summed E-state index contributed by atoms with van der Waals surface area (Å²) in [6, 6.07) is 0. The van der Waals surface area contributed by atoms with Gasteiger partial charge < -0.3 is 19.9 Å². The maximum absolute atomic E-state index is 5.40. The van der Waals surface area contributed by atoms with Crippen LogP contribution in [0.15, 0.2) is 6.20 Å². The minimum atomic E-state index is 0. The SMILES string of the molecule is CN1CCN(c2nc(NCCCN3CCOCC3)nc3c2cnn3C)CC1.Cl. The van der Waals surface area contributed by atoms with E-state index in [1.54, 1.807) is 0 Å². The molecule has 2 aliphatic rings. The second-order valence-corrected chi connectivity index (χ2v) is 7.40. The van der Waals surface area contributed by atoms with E-state index < -0.39 is 0 Å². The Morgan fingerprint density at radius 2 is 1.79 bits per heavy atom. The molecule has 4 heterocycles. The first kappa shape index (κ1) is 21.0. The van der Waals surface area contributed by atoms with Gasteiger partial charge in [0.05, 0.1) is 24.8 Å². The van der Waals surface area contributed by atoms with Gasteiger partial charge >= 0.3 is 0 Å². The van der Waals surface area contributed by atoms with Crippen LogP contribution in [0.5, 0.6) is 0 Å². The summed E-state index contributed by atoms with van der Waals surface area (Å²) < 4.78 is 7.23. The molecule has 28 heavy (non-hydrogen) atoms. The maximum Gasteiger partial charge on any atom is 0.226 e. The second-order valence-electron chi connectivity index (χ2n) is 7.40. The van der Waals surface area contributed by atoms with Gasteiger partial charge in [-0.2, -0.15) is 15.1 Å².